The first-order valence-electron chi connectivity index (χ1n) is 5.46. The molecule has 0 saturated heterocycles. The van der Waals surface area contributed by atoms with E-state index in [0.29, 0.717) is 12.0 Å². The van der Waals surface area contributed by atoms with E-state index in [1.165, 1.54) is 0 Å². The normalized spacial score (nSPS) is 19.2. The van der Waals surface area contributed by atoms with Gasteiger partial charge in [0.1, 0.15) is 11.9 Å². The Kier molecular flexibility index (Phi) is 3.54. The maximum absolute atomic E-state index is 14.0. The summed E-state index contributed by atoms with van der Waals surface area (Å²) in [5.74, 6) is -0.417. The lowest BCUT2D eigenvalue weighted by atomic mass is 10.0. The number of rotatable bonds is 3. The van der Waals surface area contributed by atoms with Crippen LogP contribution in [0.25, 0.3) is 0 Å². The molecule has 2 atom stereocenters. The third-order valence-electron chi connectivity index (χ3n) is 2.61. The number of esters is 1. The summed E-state index contributed by atoms with van der Waals surface area (Å²) < 4.78 is 18.8. The summed E-state index contributed by atoms with van der Waals surface area (Å²) in [7, 11) is 0. The van der Waals surface area contributed by atoms with Crippen molar-refractivity contribution in [1.82, 2.24) is 0 Å². The molecule has 1 aliphatic rings. The van der Waals surface area contributed by atoms with Gasteiger partial charge in [0.15, 0.2) is 6.17 Å². The molecule has 2 rings (SSSR count). The molecule has 1 aliphatic heterocycles. The number of hydrogen-bond donors (Lipinski definition) is 1. The van der Waals surface area contributed by atoms with Crippen molar-refractivity contribution < 1.29 is 19.0 Å². The fourth-order valence-corrected chi connectivity index (χ4v) is 1.70. The highest BCUT2D eigenvalue weighted by molar-refractivity contribution is 5.72. The van der Waals surface area contributed by atoms with Crippen molar-refractivity contribution in [2.75, 3.05) is 0 Å². The van der Waals surface area contributed by atoms with Crippen LogP contribution in [-0.2, 0) is 9.53 Å². The molecular weight excluding hydrogens is 223 g/mol. The van der Waals surface area contributed by atoms with Gasteiger partial charge in [0, 0.05) is 6.42 Å². The van der Waals surface area contributed by atoms with Crippen LogP contribution in [-0.4, -0.2) is 17.2 Å². The van der Waals surface area contributed by atoms with Gasteiger partial charge in [-0.2, -0.15) is 0 Å². The van der Waals surface area contributed by atoms with E-state index in [1.807, 2.05) is 0 Å². The molecule has 1 heterocycles. The number of cyclic esters (lactones) is 1. The third-order valence-corrected chi connectivity index (χ3v) is 2.61. The van der Waals surface area contributed by atoms with Crippen LogP contribution >= 0.6 is 0 Å². The highest BCUT2D eigenvalue weighted by Gasteiger charge is 2.28. The lowest BCUT2D eigenvalue weighted by Gasteiger charge is -2.21. The molecule has 1 aromatic carbocycles. The van der Waals surface area contributed by atoms with Crippen LogP contribution in [0.2, 0.25) is 0 Å². The average Bonchev–Trinajstić information content (AvgIpc) is 2.38. The SMILES string of the molecule is O=C1CCC=C(C(O)C(F)c2ccccc2)O1. The van der Waals surface area contributed by atoms with Crippen LogP contribution in [0.5, 0.6) is 0 Å². The zero-order valence-corrected chi connectivity index (χ0v) is 9.17. The van der Waals surface area contributed by atoms with Crippen LogP contribution in [0.1, 0.15) is 24.6 Å². The number of aliphatic hydroxyl groups is 1. The summed E-state index contributed by atoms with van der Waals surface area (Å²) in [5.41, 5.74) is 0.363. The second-order valence-electron chi connectivity index (χ2n) is 3.88. The van der Waals surface area contributed by atoms with Crippen LogP contribution < -0.4 is 0 Å². The number of carbonyl (C=O) groups is 1. The Morgan fingerprint density at radius 3 is 2.65 bits per heavy atom. The van der Waals surface area contributed by atoms with Gasteiger partial charge in [0.25, 0.3) is 0 Å². The summed E-state index contributed by atoms with van der Waals surface area (Å²) in [6.45, 7) is 0. The summed E-state index contributed by atoms with van der Waals surface area (Å²) in [4.78, 5) is 11.0. The smallest absolute Gasteiger partial charge is 0.311 e. The molecule has 0 bridgehead atoms. The fourth-order valence-electron chi connectivity index (χ4n) is 1.70. The second-order valence-corrected chi connectivity index (χ2v) is 3.88. The summed E-state index contributed by atoms with van der Waals surface area (Å²) in [6.07, 6.45) is -0.706. The number of halogens is 1. The number of ether oxygens (including phenoxy) is 1. The zero-order chi connectivity index (χ0) is 12.3. The van der Waals surface area contributed by atoms with E-state index in [1.54, 1.807) is 36.4 Å². The fraction of sp³-hybridized carbons (Fsp3) is 0.308. The highest BCUT2D eigenvalue weighted by Crippen LogP contribution is 2.28. The first kappa shape index (κ1) is 11.8. The Labute approximate surface area is 98.5 Å². The van der Waals surface area contributed by atoms with E-state index in [0.717, 1.165) is 0 Å². The van der Waals surface area contributed by atoms with Gasteiger partial charge in [-0.3, -0.25) is 4.79 Å². The van der Waals surface area contributed by atoms with E-state index < -0.39 is 18.2 Å². The molecule has 2 unspecified atom stereocenters. The van der Waals surface area contributed by atoms with Gasteiger partial charge >= 0.3 is 5.97 Å². The van der Waals surface area contributed by atoms with Gasteiger partial charge < -0.3 is 9.84 Å². The van der Waals surface area contributed by atoms with Crippen molar-refractivity contribution in [3.05, 3.63) is 47.7 Å². The minimum Gasteiger partial charge on any atom is -0.428 e. The van der Waals surface area contributed by atoms with E-state index in [4.69, 9.17) is 4.74 Å². The average molecular weight is 236 g/mol. The van der Waals surface area contributed by atoms with Gasteiger partial charge in [-0.15, -0.1) is 0 Å². The molecule has 0 fully saturated rings. The Morgan fingerprint density at radius 2 is 2.00 bits per heavy atom. The largest absolute Gasteiger partial charge is 0.428 e. The van der Waals surface area contributed by atoms with Crippen molar-refractivity contribution in [3.63, 3.8) is 0 Å². The molecule has 1 aromatic rings. The third kappa shape index (κ3) is 2.71. The first-order chi connectivity index (χ1) is 8.18. The maximum Gasteiger partial charge on any atom is 0.311 e. The molecule has 1 N–H and O–H groups in total. The monoisotopic (exact) mass is 236 g/mol. The maximum atomic E-state index is 14.0. The first-order valence-corrected chi connectivity index (χ1v) is 5.46. The van der Waals surface area contributed by atoms with Crippen molar-refractivity contribution >= 4 is 5.97 Å². The van der Waals surface area contributed by atoms with Crippen LogP contribution in [0.15, 0.2) is 42.2 Å². The molecule has 0 spiro atoms. The molecule has 0 saturated carbocycles. The molecule has 0 aliphatic carbocycles. The Hall–Kier alpha value is -1.68. The molecule has 3 nitrogen and oxygen atoms in total. The van der Waals surface area contributed by atoms with Crippen LogP contribution in [0, 0.1) is 0 Å². The topological polar surface area (TPSA) is 46.5 Å². The molecule has 0 amide bonds. The molecule has 4 heteroatoms. The van der Waals surface area contributed by atoms with E-state index in [-0.39, 0.29) is 12.2 Å². The molecule has 0 aromatic heterocycles. The number of carbonyl (C=O) groups excluding carboxylic acids is 1. The lowest BCUT2D eigenvalue weighted by Crippen LogP contribution is -2.23. The van der Waals surface area contributed by atoms with Gasteiger partial charge in [0.2, 0.25) is 0 Å². The van der Waals surface area contributed by atoms with Gasteiger partial charge in [0.05, 0.1) is 0 Å². The molecular formula is C13H13FO3. The van der Waals surface area contributed by atoms with Gasteiger partial charge in [-0.25, -0.2) is 4.39 Å². The Morgan fingerprint density at radius 1 is 1.29 bits per heavy atom. The number of alkyl halides is 1. The van der Waals surface area contributed by atoms with Crippen molar-refractivity contribution in [2.45, 2.75) is 25.1 Å². The van der Waals surface area contributed by atoms with Crippen LogP contribution in [0.4, 0.5) is 4.39 Å². The molecule has 17 heavy (non-hydrogen) atoms. The predicted octanol–water partition coefficient (Wildman–Crippen LogP) is 2.28. The predicted molar refractivity (Wildman–Crippen MR) is 59.7 cm³/mol. The van der Waals surface area contributed by atoms with Gasteiger partial charge in [-0.05, 0) is 18.1 Å². The summed E-state index contributed by atoms with van der Waals surface area (Å²) >= 11 is 0. The Bertz CT molecular complexity index is 428. The molecule has 0 radical (unpaired) electrons. The van der Waals surface area contributed by atoms with E-state index in [2.05, 4.69) is 0 Å². The second kappa shape index (κ2) is 5.10. The minimum atomic E-state index is -1.59. The number of hydrogen-bond acceptors (Lipinski definition) is 3. The standard InChI is InChI=1S/C13H13FO3/c14-12(9-5-2-1-3-6-9)13(16)10-7-4-8-11(15)17-10/h1-3,5-7,12-13,16H,4,8H2. The Balaban J connectivity index is 2.12. The van der Waals surface area contributed by atoms with Crippen molar-refractivity contribution in [2.24, 2.45) is 0 Å². The minimum absolute atomic E-state index is 0.0117. The van der Waals surface area contributed by atoms with Crippen LogP contribution in [0.3, 0.4) is 0 Å². The van der Waals surface area contributed by atoms with Crippen molar-refractivity contribution in [1.29, 1.82) is 0 Å². The number of benzene rings is 1. The zero-order valence-electron chi connectivity index (χ0n) is 9.17. The molecule has 90 valence electrons. The lowest BCUT2D eigenvalue weighted by molar-refractivity contribution is -0.142. The van der Waals surface area contributed by atoms with E-state index in [9.17, 15) is 14.3 Å². The summed E-state index contributed by atoms with van der Waals surface area (Å²) in [5, 5.41) is 9.79. The van der Waals surface area contributed by atoms with E-state index >= 15 is 0 Å². The number of aliphatic hydroxyl groups excluding tert-OH is 1. The highest BCUT2D eigenvalue weighted by atomic mass is 19.1. The quantitative estimate of drug-likeness (QED) is 0.819. The van der Waals surface area contributed by atoms with Gasteiger partial charge in [-0.1, -0.05) is 30.3 Å². The summed E-state index contributed by atoms with van der Waals surface area (Å²) in [6, 6.07) is 8.31. The van der Waals surface area contributed by atoms with Crippen molar-refractivity contribution in [3.8, 4) is 0 Å². The number of allylic oxidation sites excluding steroid dienone is 1.